The van der Waals surface area contributed by atoms with Gasteiger partial charge in [0.05, 0.1) is 4.90 Å². The molecule has 0 saturated carbocycles. The fraction of sp³-hybridized carbons (Fsp3) is 0. The van der Waals surface area contributed by atoms with Crippen molar-refractivity contribution in [2.24, 2.45) is 0 Å². The molecule has 0 aliphatic carbocycles. The minimum Gasteiger partial charge on any atom is -0.508 e. The predicted octanol–water partition coefficient (Wildman–Crippen LogP) is 1.90. The molecule has 2 aromatic carbocycles. The number of pyridine rings is 1. The SMILES string of the molecule is O=S(=O)(O)c1ccc(O)cc1.O=S(=O)(O)c1ccccc1S(=O)(=O)O.c1ccncc1. The Bertz CT molecular complexity index is 1210. The molecule has 0 fully saturated rings. The van der Waals surface area contributed by atoms with Crippen LogP contribution in [0.15, 0.2) is 93.8 Å². The van der Waals surface area contributed by atoms with Crippen LogP contribution in [0.5, 0.6) is 5.75 Å². The fourth-order valence-corrected chi connectivity index (χ4v) is 4.06. The molecule has 1 aromatic heterocycles. The van der Waals surface area contributed by atoms with Gasteiger partial charge in [-0.05, 0) is 48.5 Å². The van der Waals surface area contributed by atoms with Crippen molar-refractivity contribution in [2.75, 3.05) is 0 Å². The Hall–Kier alpha value is -2.88. The van der Waals surface area contributed by atoms with Crippen molar-refractivity contribution >= 4 is 30.4 Å². The second-order valence-corrected chi connectivity index (χ2v) is 9.59. The fourth-order valence-electron chi connectivity index (χ4n) is 1.81. The van der Waals surface area contributed by atoms with E-state index in [1.807, 2.05) is 18.2 Å². The number of rotatable bonds is 3. The van der Waals surface area contributed by atoms with E-state index >= 15 is 0 Å². The molecule has 0 aliphatic rings. The summed E-state index contributed by atoms with van der Waals surface area (Å²) >= 11 is 0. The number of hydrogen-bond acceptors (Lipinski definition) is 8. The number of phenols is 1. The smallest absolute Gasteiger partial charge is 0.295 e. The zero-order valence-corrected chi connectivity index (χ0v) is 17.9. The predicted molar refractivity (Wildman–Crippen MR) is 108 cm³/mol. The van der Waals surface area contributed by atoms with Crippen LogP contribution >= 0.6 is 0 Å². The highest BCUT2D eigenvalue weighted by Crippen LogP contribution is 2.19. The lowest BCUT2D eigenvalue weighted by Crippen LogP contribution is -2.07. The first-order valence-corrected chi connectivity index (χ1v) is 12.2. The van der Waals surface area contributed by atoms with E-state index in [1.54, 1.807) is 12.4 Å². The zero-order chi connectivity index (χ0) is 23.7. The van der Waals surface area contributed by atoms with Gasteiger partial charge < -0.3 is 5.11 Å². The maximum absolute atomic E-state index is 10.7. The van der Waals surface area contributed by atoms with Gasteiger partial charge in [-0.1, -0.05) is 18.2 Å². The molecule has 0 aliphatic heterocycles. The first kappa shape index (κ1) is 26.2. The summed E-state index contributed by atoms with van der Waals surface area (Å²) in [6.07, 6.45) is 3.50. The summed E-state index contributed by atoms with van der Waals surface area (Å²) in [5, 5.41) is 8.75. The molecular formula is C17H17NO10S3. The van der Waals surface area contributed by atoms with E-state index in [4.69, 9.17) is 18.8 Å². The third-order valence-electron chi connectivity index (χ3n) is 3.11. The maximum atomic E-state index is 10.7. The van der Waals surface area contributed by atoms with E-state index in [2.05, 4.69) is 4.98 Å². The number of aromatic hydroxyl groups is 1. The lowest BCUT2D eigenvalue weighted by Gasteiger charge is -2.02. The molecule has 0 atom stereocenters. The molecule has 0 amide bonds. The molecule has 0 spiro atoms. The van der Waals surface area contributed by atoms with E-state index in [0.717, 1.165) is 24.3 Å². The quantitative estimate of drug-likeness (QED) is 0.390. The van der Waals surface area contributed by atoms with Crippen LogP contribution in [-0.2, 0) is 30.4 Å². The van der Waals surface area contributed by atoms with Crippen molar-refractivity contribution in [3.8, 4) is 5.75 Å². The topological polar surface area (TPSA) is 196 Å². The molecule has 0 bridgehead atoms. The van der Waals surface area contributed by atoms with Gasteiger partial charge in [0, 0.05) is 12.4 Å². The largest absolute Gasteiger partial charge is 0.508 e. The van der Waals surface area contributed by atoms with E-state index in [0.29, 0.717) is 0 Å². The van der Waals surface area contributed by atoms with Crippen LogP contribution in [0.2, 0.25) is 0 Å². The number of nitrogens with zero attached hydrogens (tertiary/aromatic N) is 1. The Morgan fingerprint density at radius 1 is 0.548 bits per heavy atom. The molecule has 0 unspecified atom stereocenters. The minimum atomic E-state index is -4.66. The average Bonchev–Trinajstić information content (AvgIpc) is 2.69. The van der Waals surface area contributed by atoms with Crippen LogP contribution in [0.1, 0.15) is 0 Å². The summed E-state index contributed by atoms with van der Waals surface area (Å²) in [6.45, 7) is 0. The van der Waals surface area contributed by atoms with Gasteiger partial charge in [-0.2, -0.15) is 25.3 Å². The number of hydrogen-bond donors (Lipinski definition) is 4. The Morgan fingerprint density at radius 2 is 0.968 bits per heavy atom. The second-order valence-electron chi connectivity index (χ2n) is 5.39. The summed E-state index contributed by atoms with van der Waals surface area (Å²) in [5.74, 6) is -0.0441. The number of phenolic OH excluding ortho intramolecular Hbond substituents is 1. The monoisotopic (exact) mass is 491 g/mol. The second kappa shape index (κ2) is 10.9. The van der Waals surface area contributed by atoms with Gasteiger partial charge in [0.25, 0.3) is 30.4 Å². The maximum Gasteiger partial charge on any atom is 0.295 e. The third kappa shape index (κ3) is 9.65. The Morgan fingerprint density at radius 3 is 1.23 bits per heavy atom. The van der Waals surface area contributed by atoms with Crippen molar-refractivity contribution in [3.63, 3.8) is 0 Å². The summed E-state index contributed by atoms with van der Waals surface area (Å²) < 4.78 is 89.3. The molecule has 0 radical (unpaired) electrons. The highest BCUT2D eigenvalue weighted by atomic mass is 32.2. The van der Waals surface area contributed by atoms with Gasteiger partial charge in [0.1, 0.15) is 15.5 Å². The molecule has 4 N–H and O–H groups in total. The van der Waals surface area contributed by atoms with Crippen LogP contribution in [0.25, 0.3) is 0 Å². The van der Waals surface area contributed by atoms with Gasteiger partial charge >= 0.3 is 0 Å². The lowest BCUT2D eigenvalue weighted by atomic mass is 10.3. The molecule has 3 rings (SSSR count). The molecule has 3 aromatic rings. The minimum absolute atomic E-state index is 0.0441. The highest BCUT2D eigenvalue weighted by Gasteiger charge is 2.22. The van der Waals surface area contributed by atoms with Crippen molar-refractivity contribution in [1.29, 1.82) is 0 Å². The summed E-state index contributed by atoms with van der Waals surface area (Å²) in [4.78, 5) is 1.87. The van der Waals surface area contributed by atoms with Crippen LogP contribution < -0.4 is 0 Å². The zero-order valence-electron chi connectivity index (χ0n) is 15.4. The molecule has 14 heteroatoms. The Kier molecular flexibility index (Phi) is 9.23. The van der Waals surface area contributed by atoms with Gasteiger partial charge in [-0.3, -0.25) is 18.6 Å². The van der Waals surface area contributed by atoms with Gasteiger partial charge in [0.15, 0.2) is 0 Å². The van der Waals surface area contributed by atoms with E-state index in [9.17, 15) is 25.3 Å². The van der Waals surface area contributed by atoms with E-state index in [1.165, 1.54) is 24.3 Å². The van der Waals surface area contributed by atoms with Crippen LogP contribution in [0, 0.1) is 0 Å². The molecule has 31 heavy (non-hydrogen) atoms. The summed E-state index contributed by atoms with van der Waals surface area (Å²) in [7, 11) is -13.4. The van der Waals surface area contributed by atoms with Crippen LogP contribution in [0.4, 0.5) is 0 Å². The van der Waals surface area contributed by atoms with E-state index in [-0.39, 0.29) is 10.6 Å². The normalized spacial score (nSPS) is 11.3. The standard InChI is InChI=1S/C6H6O6S2.C6H6O4S.C5H5N/c7-13(8,9)5-3-1-2-4-6(5)14(10,11)12;7-5-1-3-6(4-2-5)11(8,9)10;1-2-4-6-5-3-1/h1-4H,(H,7,8,9)(H,10,11,12);1-4,7H,(H,8,9,10);1-5H. The Balaban J connectivity index is 0.000000250. The highest BCUT2D eigenvalue weighted by molar-refractivity contribution is 7.89. The first-order valence-electron chi connectivity index (χ1n) is 7.88. The number of aromatic nitrogens is 1. The summed E-state index contributed by atoms with van der Waals surface area (Å²) in [5.41, 5.74) is 0. The van der Waals surface area contributed by atoms with Crippen molar-refractivity contribution in [2.45, 2.75) is 14.7 Å². The first-order chi connectivity index (χ1) is 14.2. The molecular weight excluding hydrogens is 474 g/mol. The van der Waals surface area contributed by atoms with Crippen LogP contribution in [-0.4, -0.2) is 49.0 Å². The van der Waals surface area contributed by atoms with Gasteiger partial charge in [-0.15, -0.1) is 0 Å². The average molecular weight is 492 g/mol. The molecule has 1 heterocycles. The van der Waals surface area contributed by atoms with Crippen molar-refractivity contribution in [3.05, 3.63) is 79.1 Å². The lowest BCUT2D eigenvalue weighted by molar-refractivity contribution is 0.466. The third-order valence-corrected chi connectivity index (χ3v) is 5.93. The van der Waals surface area contributed by atoms with Gasteiger partial charge in [0.2, 0.25) is 0 Å². The molecule has 0 saturated heterocycles. The molecule has 11 nitrogen and oxygen atoms in total. The van der Waals surface area contributed by atoms with Gasteiger partial charge in [-0.25, -0.2) is 0 Å². The van der Waals surface area contributed by atoms with Crippen molar-refractivity contribution < 1.29 is 44.0 Å². The summed E-state index contributed by atoms with van der Waals surface area (Å²) in [6, 6.07) is 14.5. The van der Waals surface area contributed by atoms with Crippen LogP contribution in [0.3, 0.4) is 0 Å². The van der Waals surface area contributed by atoms with E-state index < -0.39 is 40.1 Å². The Labute approximate surface area is 178 Å². The van der Waals surface area contributed by atoms with Crippen molar-refractivity contribution in [1.82, 2.24) is 4.98 Å². The molecule has 168 valence electrons. The number of benzene rings is 2.